The van der Waals surface area contributed by atoms with Crippen LogP contribution < -0.4 is 26.6 Å². The number of ether oxygens (including phenoxy) is 15. The van der Waals surface area contributed by atoms with Gasteiger partial charge >= 0.3 is 12.0 Å². The maximum Gasteiger partial charge on any atom is 0.364 e. The number of carbonyl (C=O) groups is 5. The number of carbonyl (C=O) groups excluding carboxylic acids is 4. The monoisotopic (exact) mass is 1500 g/mol. The minimum atomic E-state index is -2.47. The van der Waals surface area contributed by atoms with Crippen LogP contribution in [-0.2, 0) is 116 Å². The molecule has 5 heterocycles. The van der Waals surface area contributed by atoms with Crippen LogP contribution in [0.5, 0.6) is 0 Å². The van der Waals surface area contributed by atoms with Gasteiger partial charge in [-0.05, 0) is 31.2 Å². The SMILES string of the molecule is COCCOCc1cn(CCCCCCO[C@]2(C(=O)O)C[C@H](O)[C@@H](NC(=O)CO)[C@H]([C@H](O)[C@H](O)CNC(=O)Cc3ccc(-c4cn(CCOCCOCCOCCOCCOCCOCCOCCOCCOCCOCCOCCNC(=O)CCCC[C@@H]5SC[C@@H]6NC(=O)N[C@@H]65)nn4)cc3)O2)nn1. The van der Waals surface area contributed by atoms with Gasteiger partial charge in [0, 0.05) is 56.2 Å². The summed E-state index contributed by atoms with van der Waals surface area (Å²) in [5, 5.41) is 84.1. The van der Waals surface area contributed by atoms with Crippen LogP contribution in [-0.4, -0.2) is 337 Å². The van der Waals surface area contributed by atoms with Crippen molar-refractivity contribution < 1.29 is 121 Å². The lowest BCUT2D eigenvalue weighted by atomic mass is 9.88. The molecule has 5 amide bonds. The Bertz CT molecular complexity index is 2810. The number of carboxylic acids is 1. The summed E-state index contributed by atoms with van der Waals surface area (Å²) in [6.07, 6.45) is 1.42. The Kier molecular flexibility index (Phi) is 44.5. The molecule has 3 saturated heterocycles. The van der Waals surface area contributed by atoms with Crippen molar-refractivity contribution in [1.82, 2.24) is 56.6 Å². The van der Waals surface area contributed by atoms with E-state index in [0.29, 0.717) is 226 Å². The topological polar surface area (TPSA) is 447 Å². The highest BCUT2D eigenvalue weighted by atomic mass is 32.2. The maximum atomic E-state index is 13.1. The standard InChI is InChI=1S/C67H111N11O25S/c1-89-20-21-101-48-52-45-77(75-73-52)15-6-2-3-7-17-102-67(65(86)87)43-55(80)62(71-60(84)47-79)64(103-67)63(85)56(81)44-69-59(83)42-50-10-12-51(13-11-50)53-46-78(76-74-53)16-19-91-23-25-93-27-29-95-31-33-97-35-37-99-39-41-100-40-38-98-36-34-96-32-30-94-28-26-92-24-22-90-18-14-68-58(82)9-5-4-8-57-61-54(49-104-57)70-66(88)72-61/h10-13,45-46,54-57,61-64,79-81,85H,2-9,14-44,47-49H2,1H3,(H,68,82)(H,69,83)(H,71,84)(H,86,87)(H2,70,72,88)/t54-,55-,56+,57-,61-,62+,63+,64+,67+/m0/s1. The van der Waals surface area contributed by atoms with Crippen molar-refractivity contribution in [3.05, 3.63) is 47.9 Å². The predicted octanol–water partition coefficient (Wildman–Crippen LogP) is -1.21. The smallest absolute Gasteiger partial charge is 0.364 e. The number of urea groups is 1. The van der Waals surface area contributed by atoms with Crippen LogP contribution in [0.25, 0.3) is 11.3 Å². The third-order valence-electron chi connectivity index (χ3n) is 16.5. The Morgan fingerprint density at radius 2 is 1.19 bits per heavy atom. The molecule has 1 aromatic carbocycles. The van der Waals surface area contributed by atoms with Crippen molar-refractivity contribution in [3.63, 3.8) is 0 Å². The molecule has 0 bridgehead atoms. The van der Waals surface area contributed by atoms with Gasteiger partial charge in [0.25, 0.3) is 5.79 Å². The minimum Gasteiger partial charge on any atom is -0.477 e. The summed E-state index contributed by atoms with van der Waals surface area (Å²) in [4.78, 5) is 61.7. The number of aliphatic hydroxyl groups is 4. The van der Waals surface area contributed by atoms with E-state index in [1.807, 2.05) is 11.8 Å². The fourth-order valence-corrected chi connectivity index (χ4v) is 12.5. The van der Waals surface area contributed by atoms with Gasteiger partial charge < -0.3 is 123 Å². The molecule has 10 N–H and O–H groups in total. The van der Waals surface area contributed by atoms with Crippen LogP contribution in [0, 0.1) is 0 Å². The fraction of sp³-hybridized carbons (Fsp3) is 0.776. The van der Waals surface area contributed by atoms with Crippen molar-refractivity contribution in [2.45, 2.75) is 137 Å². The van der Waals surface area contributed by atoms with E-state index in [2.05, 4.69) is 47.2 Å². The number of unbranched alkanes of at least 4 members (excludes halogenated alkanes) is 4. The number of aromatic nitrogens is 6. The van der Waals surface area contributed by atoms with Crippen molar-refractivity contribution in [3.8, 4) is 11.3 Å². The number of thioether (sulfide) groups is 1. The molecule has 6 rings (SSSR count). The number of nitrogens with one attached hydrogen (secondary N) is 5. The second kappa shape index (κ2) is 53.1. The average molecular weight is 1500 g/mol. The van der Waals surface area contributed by atoms with Gasteiger partial charge in [0.05, 0.1) is 227 Å². The number of fused-ring (bicyclic) bond motifs is 1. The Hall–Kier alpha value is -5.76. The lowest BCUT2D eigenvalue weighted by Crippen LogP contribution is -2.68. The van der Waals surface area contributed by atoms with E-state index >= 15 is 0 Å². The first kappa shape index (κ1) is 87.2. The lowest BCUT2D eigenvalue weighted by Gasteiger charge is -2.46. The number of hydrogen-bond donors (Lipinski definition) is 10. The number of nitrogens with zero attached hydrogens (tertiary/aromatic N) is 6. The molecular formula is C67H111N11O25S. The normalized spacial score (nSPS) is 19.9. The first-order chi connectivity index (χ1) is 50.8. The van der Waals surface area contributed by atoms with Gasteiger partial charge in [-0.3, -0.25) is 19.1 Å². The average Bonchev–Trinajstić information content (AvgIpc) is 0.780. The third kappa shape index (κ3) is 35.3. The van der Waals surface area contributed by atoms with Crippen molar-refractivity contribution >= 4 is 41.5 Å². The summed E-state index contributed by atoms with van der Waals surface area (Å²) < 4.78 is 86.5. The summed E-state index contributed by atoms with van der Waals surface area (Å²) in [6, 6.07) is 5.89. The van der Waals surface area contributed by atoms with E-state index in [0.717, 1.165) is 43.4 Å². The first-order valence-electron chi connectivity index (χ1n) is 35.8. The summed E-state index contributed by atoms with van der Waals surface area (Å²) in [5.74, 6) is -4.59. The van der Waals surface area contributed by atoms with E-state index in [9.17, 15) is 49.5 Å². The van der Waals surface area contributed by atoms with E-state index in [-0.39, 0.29) is 37.0 Å². The molecule has 37 heteroatoms. The molecule has 2 aromatic heterocycles. The molecule has 0 radical (unpaired) electrons. The van der Waals surface area contributed by atoms with Gasteiger partial charge in [-0.25, -0.2) is 14.3 Å². The third-order valence-corrected chi connectivity index (χ3v) is 18.0. The second-order valence-electron chi connectivity index (χ2n) is 24.5. The zero-order valence-electron chi connectivity index (χ0n) is 59.8. The van der Waals surface area contributed by atoms with Crippen molar-refractivity contribution in [1.29, 1.82) is 0 Å². The molecule has 0 unspecified atom stereocenters. The van der Waals surface area contributed by atoms with Crippen LogP contribution in [0.1, 0.15) is 69.0 Å². The number of carboxylic acid groups (broad SMARTS) is 1. The molecule has 0 aliphatic carbocycles. The molecule has 3 aliphatic heterocycles. The summed E-state index contributed by atoms with van der Waals surface area (Å²) >= 11 is 1.89. The van der Waals surface area contributed by atoms with Crippen LogP contribution in [0.15, 0.2) is 36.7 Å². The summed E-state index contributed by atoms with van der Waals surface area (Å²) in [7, 11) is 1.59. The van der Waals surface area contributed by atoms with Crippen molar-refractivity contribution in [2.75, 3.05) is 198 Å². The number of hydrogen-bond acceptors (Lipinski definition) is 29. The lowest BCUT2D eigenvalue weighted by molar-refractivity contribution is -0.310. The number of benzene rings is 1. The molecule has 36 nitrogen and oxygen atoms in total. The maximum absolute atomic E-state index is 13.1. The van der Waals surface area contributed by atoms with Crippen LogP contribution >= 0.6 is 11.8 Å². The Labute approximate surface area is 610 Å². The number of rotatable bonds is 64. The highest BCUT2D eigenvalue weighted by Crippen LogP contribution is 2.35. The molecule has 9 atom stereocenters. The molecule has 3 fully saturated rings. The largest absolute Gasteiger partial charge is 0.477 e. The van der Waals surface area contributed by atoms with Crippen LogP contribution in [0.2, 0.25) is 0 Å². The Morgan fingerprint density at radius 3 is 1.78 bits per heavy atom. The number of amides is 5. The zero-order chi connectivity index (χ0) is 74.1. The van der Waals surface area contributed by atoms with Gasteiger partial charge in [0.15, 0.2) is 0 Å². The highest BCUT2D eigenvalue weighted by molar-refractivity contribution is 8.00. The zero-order valence-corrected chi connectivity index (χ0v) is 60.6. The molecule has 0 spiro atoms. The van der Waals surface area contributed by atoms with Crippen molar-refractivity contribution in [2.24, 2.45) is 0 Å². The van der Waals surface area contributed by atoms with Gasteiger partial charge in [0.1, 0.15) is 30.2 Å². The van der Waals surface area contributed by atoms with Gasteiger partial charge in [0.2, 0.25) is 17.7 Å². The predicted molar refractivity (Wildman–Crippen MR) is 371 cm³/mol. The Morgan fingerprint density at radius 1 is 0.635 bits per heavy atom. The molecule has 0 saturated carbocycles. The van der Waals surface area contributed by atoms with E-state index in [1.165, 1.54) is 0 Å². The van der Waals surface area contributed by atoms with Crippen LogP contribution in [0.4, 0.5) is 4.79 Å². The van der Waals surface area contributed by atoms with E-state index in [4.69, 9.17) is 71.1 Å². The molecule has 590 valence electrons. The number of methoxy groups -OCH3 is 1. The fourth-order valence-electron chi connectivity index (χ4n) is 11.0. The number of aliphatic hydroxyl groups excluding tert-OH is 4. The van der Waals surface area contributed by atoms with E-state index in [1.54, 1.807) is 53.1 Å². The second-order valence-corrected chi connectivity index (χ2v) is 25.8. The molecule has 104 heavy (non-hydrogen) atoms. The Balaban J connectivity index is 0.669. The highest BCUT2D eigenvalue weighted by Gasteiger charge is 2.56. The molecular weight excluding hydrogens is 1390 g/mol. The number of aliphatic carboxylic acids is 1. The van der Waals surface area contributed by atoms with Gasteiger partial charge in [-0.1, -0.05) is 54.0 Å². The van der Waals surface area contributed by atoms with E-state index < -0.39 is 73.6 Å². The van der Waals surface area contributed by atoms with Gasteiger partial charge in [-0.15, -0.1) is 10.2 Å². The minimum absolute atomic E-state index is 0.0261. The molecule has 3 aromatic rings. The first-order valence-corrected chi connectivity index (χ1v) is 36.8. The number of aryl methyl sites for hydroxylation is 1. The van der Waals surface area contributed by atoms with Crippen LogP contribution in [0.3, 0.4) is 0 Å². The summed E-state index contributed by atoms with van der Waals surface area (Å²) in [5.41, 5.74) is 2.65. The molecule has 3 aliphatic rings. The summed E-state index contributed by atoms with van der Waals surface area (Å²) in [6.45, 7) is 10.6. The quantitative estimate of drug-likeness (QED) is 0.0234. The van der Waals surface area contributed by atoms with Gasteiger partial charge in [-0.2, -0.15) is 11.8 Å².